The fourth-order valence-electron chi connectivity index (χ4n) is 6.24. The van der Waals surface area contributed by atoms with Crippen LogP contribution in [-0.4, -0.2) is 35.7 Å². The van der Waals surface area contributed by atoms with Crippen LogP contribution in [0.1, 0.15) is 21.5 Å². The Morgan fingerprint density at radius 1 is 0.714 bits per heavy atom. The quantitative estimate of drug-likeness (QED) is 0.134. The highest BCUT2D eigenvalue weighted by molar-refractivity contribution is 6.31. The molecule has 2 amide bonds. The van der Waals surface area contributed by atoms with E-state index in [-0.39, 0.29) is 17.4 Å². The average molecular weight is 575 g/mol. The highest BCUT2D eigenvalue weighted by atomic mass is 35.5. The molecule has 8 heteroatoms. The van der Waals surface area contributed by atoms with Gasteiger partial charge in [-0.2, -0.15) is 0 Å². The molecule has 0 N–H and O–H groups in total. The molecular weight excluding hydrogens is 552 g/mol. The van der Waals surface area contributed by atoms with Crippen LogP contribution in [0.15, 0.2) is 109 Å². The molecule has 0 radical (unpaired) electrons. The number of para-hydroxylation sites is 1. The molecule has 0 aromatic heterocycles. The molecule has 2 saturated heterocycles. The van der Waals surface area contributed by atoms with Crippen LogP contribution in [0.4, 0.5) is 11.4 Å². The Bertz CT molecular complexity index is 1770. The van der Waals surface area contributed by atoms with Crippen molar-refractivity contribution in [2.75, 3.05) is 9.80 Å². The van der Waals surface area contributed by atoms with Gasteiger partial charge in [0.1, 0.15) is 11.8 Å². The normalized spacial score (nSPS) is 22.0. The van der Waals surface area contributed by atoms with E-state index in [1.165, 1.54) is 0 Å². The van der Waals surface area contributed by atoms with E-state index >= 15 is 0 Å². The van der Waals surface area contributed by atoms with Gasteiger partial charge in [0.25, 0.3) is 0 Å². The van der Waals surface area contributed by atoms with Crippen LogP contribution in [0.2, 0.25) is 5.02 Å². The second kappa shape index (κ2) is 10.1. The van der Waals surface area contributed by atoms with Crippen molar-refractivity contribution in [3.05, 3.63) is 131 Å². The minimum atomic E-state index is -1.05. The fourth-order valence-corrected chi connectivity index (χ4v) is 6.36. The number of hydrogen-bond donors (Lipinski definition) is 0. The van der Waals surface area contributed by atoms with E-state index in [4.69, 9.17) is 16.3 Å². The Morgan fingerprint density at radius 3 is 2.10 bits per heavy atom. The van der Waals surface area contributed by atoms with Crippen molar-refractivity contribution in [1.29, 1.82) is 0 Å². The van der Waals surface area contributed by atoms with Crippen LogP contribution < -0.4 is 14.5 Å². The van der Waals surface area contributed by atoms with Gasteiger partial charge >= 0.3 is 5.97 Å². The molecule has 0 saturated carbocycles. The predicted octanol–water partition coefficient (Wildman–Crippen LogP) is 5.57. The zero-order valence-corrected chi connectivity index (χ0v) is 22.8. The van der Waals surface area contributed by atoms with E-state index < -0.39 is 35.8 Å². The first-order valence-corrected chi connectivity index (χ1v) is 13.9. The lowest BCUT2D eigenvalue weighted by Gasteiger charge is -2.36. The smallest absolute Gasteiger partial charge is 0.335 e. The highest BCUT2D eigenvalue weighted by Gasteiger charge is 2.65. The van der Waals surface area contributed by atoms with Crippen molar-refractivity contribution in [2.24, 2.45) is 11.8 Å². The van der Waals surface area contributed by atoms with E-state index in [9.17, 15) is 19.2 Å². The average Bonchev–Trinajstić information content (AvgIpc) is 3.50. The number of rotatable bonds is 5. The molecular formula is C34H23ClN2O5. The number of nitrogens with zero attached hydrogens (tertiary/aromatic N) is 2. The van der Waals surface area contributed by atoms with Crippen molar-refractivity contribution in [1.82, 2.24) is 0 Å². The van der Waals surface area contributed by atoms with Crippen LogP contribution >= 0.6 is 11.6 Å². The molecule has 3 heterocycles. The van der Waals surface area contributed by atoms with Crippen LogP contribution in [0.5, 0.6) is 5.75 Å². The number of ketones is 1. The summed E-state index contributed by atoms with van der Waals surface area (Å²) in [6.45, 7) is 0. The molecule has 0 spiro atoms. The van der Waals surface area contributed by atoms with Gasteiger partial charge in [0.15, 0.2) is 5.78 Å². The molecule has 42 heavy (non-hydrogen) atoms. The molecule has 7 rings (SSSR count). The minimum absolute atomic E-state index is 0.149. The molecule has 4 aromatic rings. The van der Waals surface area contributed by atoms with Crippen LogP contribution in [0.3, 0.4) is 0 Å². The molecule has 3 aliphatic heterocycles. The van der Waals surface area contributed by atoms with Gasteiger partial charge in [-0.25, -0.2) is 9.69 Å². The zero-order valence-electron chi connectivity index (χ0n) is 22.1. The van der Waals surface area contributed by atoms with Gasteiger partial charge in [0.05, 0.1) is 23.6 Å². The lowest BCUT2D eigenvalue weighted by atomic mass is 9.89. The largest absolute Gasteiger partial charge is 0.425 e. The third kappa shape index (κ3) is 4.13. The number of hydrogen-bond acceptors (Lipinski definition) is 6. The molecule has 4 atom stereocenters. The summed E-state index contributed by atoms with van der Waals surface area (Å²) >= 11 is 6.04. The molecule has 2 fully saturated rings. The van der Waals surface area contributed by atoms with Gasteiger partial charge in [-0.3, -0.25) is 14.4 Å². The number of halogens is 1. The van der Waals surface area contributed by atoms with Gasteiger partial charge < -0.3 is 9.64 Å². The van der Waals surface area contributed by atoms with Crippen molar-refractivity contribution in [3.63, 3.8) is 0 Å². The van der Waals surface area contributed by atoms with Gasteiger partial charge in [0, 0.05) is 21.8 Å². The SMILES string of the molecule is O=C(c1ccccc1)c1ccc(OC(=O)[C@@H]2[C@@H]3C(=O)N(c4ccc(Cl)cc4)C(=O)[C@@H]3[C@@H]3C=Cc4ccccc4N23)cc1. The van der Waals surface area contributed by atoms with E-state index in [1.54, 1.807) is 72.8 Å². The predicted molar refractivity (Wildman–Crippen MR) is 158 cm³/mol. The van der Waals surface area contributed by atoms with E-state index in [0.717, 1.165) is 16.2 Å². The summed E-state index contributed by atoms with van der Waals surface area (Å²) in [7, 11) is 0. The molecule has 0 bridgehead atoms. The maximum Gasteiger partial charge on any atom is 0.335 e. The lowest BCUT2D eigenvalue weighted by molar-refractivity contribution is -0.139. The Morgan fingerprint density at radius 2 is 1.36 bits per heavy atom. The number of ether oxygens (including phenoxy) is 1. The molecule has 7 nitrogen and oxygen atoms in total. The van der Waals surface area contributed by atoms with Crippen molar-refractivity contribution in [2.45, 2.75) is 12.1 Å². The first-order valence-electron chi connectivity index (χ1n) is 13.5. The van der Waals surface area contributed by atoms with Crippen LogP contribution in [0, 0.1) is 11.8 Å². The minimum Gasteiger partial charge on any atom is -0.425 e. The number of imide groups is 1. The number of amides is 2. The Kier molecular flexibility index (Phi) is 6.25. The number of carbonyl (C=O) groups excluding carboxylic acids is 4. The zero-order chi connectivity index (χ0) is 29.0. The third-order valence-corrected chi connectivity index (χ3v) is 8.36. The standard InChI is InChI=1S/C34H23ClN2O5/c35-23-13-15-24(16-14-23)36-32(39)28-27-19-12-20-6-4-5-9-26(20)37(27)30(29(28)33(36)40)34(41)42-25-17-10-22(11-18-25)31(38)21-7-2-1-3-8-21/h1-19,27-30H/t27-,28+,29+,30-/m0/s1. The second-order valence-corrected chi connectivity index (χ2v) is 10.9. The number of fused-ring (bicyclic) bond motifs is 5. The van der Waals surface area contributed by atoms with Gasteiger partial charge in [-0.1, -0.05) is 72.3 Å². The number of carbonyl (C=O) groups is 4. The maximum atomic E-state index is 13.9. The fraction of sp³-hybridized carbons (Fsp3) is 0.118. The summed E-state index contributed by atoms with van der Waals surface area (Å²) in [5.41, 5.74) is 3.04. The summed E-state index contributed by atoms with van der Waals surface area (Å²) in [5.74, 6) is -3.13. The van der Waals surface area contributed by atoms with E-state index in [2.05, 4.69) is 0 Å². The van der Waals surface area contributed by atoms with E-state index in [1.807, 2.05) is 47.4 Å². The first-order chi connectivity index (χ1) is 20.4. The third-order valence-electron chi connectivity index (χ3n) is 8.11. The molecule has 3 aliphatic rings. The monoisotopic (exact) mass is 574 g/mol. The number of benzene rings is 4. The second-order valence-electron chi connectivity index (χ2n) is 10.4. The maximum absolute atomic E-state index is 13.9. The summed E-state index contributed by atoms with van der Waals surface area (Å²) in [4.78, 5) is 57.5. The summed E-state index contributed by atoms with van der Waals surface area (Å²) in [6, 6.07) is 27.7. The summed E-state index contributed by atoms with van der Waals surface area (Å²) in [6.07, 6.45) is 3.81. The van der Waals surface area contributed by atoms with E-state index in [0.29, 0.717) is 21.8 Å². The van der Waals surface area contributed by atoms with Crippen molar-refractivity contribution in [3.8, 4) is 5.75 Å². The summed E-state index contributed by atoms with van der Waals surface area (Å²) in [5, 5.41) is 0.481. The van der Waals surface area contributed by atoms with Gasteiger partial charge in [0.2, 0.25) is 11.8 Å². The Hall–Kier alpha value is -5.01. The van der Waals surface area contributed by atoms with Gasteiger partial charge in [-0.15, -0.1) is 0 Å². The molecule has 0 unspecified atom stereocenters. The lowest BCUT2D eigenvalue weighted by Crippen LogP contribution is -2.50. The van der Waals surface area contributed by atoms with Crippen LogP contribution in [0.25, 0.3) is 6.08 Å². The topological polar surface area (TPSA) is 84.0 Å². The molecule has 4 aromatic carbocycles. The Balaban J connectivity index is 1.22. The first kappa shape index (κ1) is 25.9. The van der Waals surface area contributed by atoms with Crippen LogP contribution in [-0.2, 0) is 14.4 Å². The number of anilines is 2. The Labute approximate surface area is 246 Å². The summed E-state index contributed by atoms with van der Waals surface area (Å²) < 4.78 is 5.84. The van der Waals surface area contributed by atoms with Gasteiger partial charge in [-0.05, 0) is 60.2 Å². The highest BCUT2D eigenvalue weighted by Crippen LogP contribution is 2.49. The molecule has 0 aliphatic carbocycles. The van der Waals surface area contributed by atoms with Crippen molar-refractivity contribution >= 4 is 52.6 Å². The van der Waals surface area contributed by atoms with Crippen molar-refractivity contribution < 1.29 is 23.9 Å². The molecule has 206 valence electrons. The number of esters is 1.